The number of carbonyl (C=O) groups excluding carboxylic acids is 1. The lowest BCUT2D eigenvalue weighted by Gasteiger charge is -2.09. The highest BCUT2D eigenvalue weighted by atomic mass is 35.5. The van der Waals surface area contributed by atoms with Crippen LogP contribution in [0.1, 0.15) is 16.1 Å². The quantitative estimate of drug-likeness (QED) is 0.678. The number of hydrogen-bond acceptors (Lipinski definition) is 5. The molecule has 144 valence electrons. The van der Waals surface area contributed by atoms with Gasteiger partial charge in [0.25, 0.3) is 11.5 Å². The minimum Gasteiger partial charge on any atom is -0.322 e. The fourth-order valence-electron chi connectivity index (χ4n) is 2.59. The van der Waals surface area contributed by atoms with Crippen LogP contribution in [0.4, 0.5) is 5.69 Å². The highest BCUT2D eigenvalue weighted by Crippen LogP contribution is 2.24. The predicted molar refractivity (Wildman–Crippen MR) is 108 cm³/mol. The number of nitrogens with one attached hydrogen (secondary N) is 2. The zero-order valence-corrected chi connectivity index (χ0v) is 16.6. The zero-order valence-electron chi connectivity index (χ0n) is 15.0. The van der Waals surface area contributed by atoms with Crippen LogP contribution in [0.25, 0.3) is 11.4 Å². The van der Waals surface area contributed by atoms with Crippen LogP contribution in [-0.2, 0) is 9.84 Å². The number of halogens is 1. The molecule has 9 heteroatoms. The molecule has 3 aromatic rings. The topological polar surface area (TPSA) is 109 Å². The fourth-order valence-corrected chi connectivity index (χ4v) is 3.89. The van der Waals surface area contributed by atoms with Crippen LogP contribution in [0.3, 0.4) is 0 Å². The van der Waals surface area contributed by atoms with Crippen LogP contribution in [0, 0.1) is 6.92 Å². The monoisotopic (exact) mass is 417 g/mol. The third kappa shape index (κ3) is 4.47. The lowest BCUT2D eigenvalue weighted by molar-refractivity contribution is 0.102. The maximum atomic E-state index is 12.5. The van der Waals surface area contributed by atoms with Gasteiger partial charge in [-0.3, -0.25) is 9.59 Å². The van der Waals surface area contributed by atoms with E-state index < -0.39 is 15.7 Å². The van der Waals surface area contributed by atoms with E-state index in [9.17, 15) is 18.0 Å². The summed E-state index contributed by atoms with van der Waals surface area (Å²) in [5, 5.41) is 2.75. The lowest BCUT2D eigenvalue weighted by Crippen LogP contribution is -2.13. The van der Waals surface area contributed by atoms with Crippen LogP contribution in [0.15, 0.2) is 58.2 Å². The van der Waals surface area contributed by atoms with Gasteiger partial charge in [-0.1, -0.05) is 23.7 Å². The van der Waals surface area contributed by atoms with Crippen molar-refractivity contribution in [3.63, 3.8) is 0 Å². The Kier molecular flexibility index (Phi) is 5.35. The van der Waals surface area contributed by atoms with Crippen LogP contribution < -0.4 is 10.9 Å². The Morgan fingerprint density at radius 3 is 2.57 bits per heavy atom. The number of amides is 1. The summed E-state index contributed by atoms with van der Waals surface area (Å²) in [6.45, 7) is 1.71. The number of rotatable bonds is 4. The maximum absolute atomic E-state index is 12.5. The van der Waals surface area contributed by atoms with Crippen molar-refractivity contribution >= 4 is 33.0 Å². The van der Waals surface area contributed by atoms with Gasteiger partial charge in [-0.15, -0.1) is 0 Å². The molecule has 0 aliphatic rings. The van der Waals surface area contributed by atoms with Gasteiger partial charge in [0.2, 0.25) is 0 Å². The van der Waals surface area contributed by atoms with E-state index in [0.717, 1.165) is 6.26 Å². The van der Waals surface area contributed by atoms with Crippen LogP contribution in [-0.4, -0.2) is 30.5 Å². The molecule has 1 heterocycles. The summed E-state index contributed by atoms with van der Waals surface area (Å²) < 4.78 is 23.6. The second-order valence-corrected chi connectivity index (χ2v) is 8.58. The molecule has 0 radical (unpaired) electrons. The largest absolute Gasteiger partial charge is 0.322 e. The highest BCUT2D eigenvalue weighted by molar-refractivity contribution is 7.90. The first kappa shape index (κ1) is 19.8. The summed E-state index contributed by atoms with van der Waals surface area (Å²) in [6.07, 6.45) is 1.02. The van der Waals surface area contributed by atoms with Crippen molar-refractivity contribution < 1.29 is 13.2 Å². The van der Waals surface area contributed by atoms with Gasteiger partial charge in [0.15, 0.2) is 9.84 Å². The molecular weight excluding hydrogens is 402 g/mol. The van der Waals surface area contributed by atoms with Crippen LogP contribution in [0.2, 0.25) is 5.02 Å². The van der Waals surface area contributed by atoms with E-state index in [4.69, 9.17) is 11.6 Å². The zero-order chi connectivity index (χ0) is 20.5. The summed E-state index contributed by atoms with van der Waals surface area (Å²) in [5.41, 5.74) is 1.53. The molecule has 0 saturated heterocycles. The molecule has 0 aliphatic heterocycles. The van der Waals surface area contributed by atoms with Gasteiger partial charge in [-0.2, -0.15) is 0 Å². The number of anilines is 1. The summed E-state index contributed by atoms with van der Waals surface area (Å²) in [6, 6.07) is 12.2. The Bertz CT molecular complexity index is 1240. The van der Waals surface area contributed by atoms with Gasteiger partial charge < -0.3 is 10.3 Å². The molecule has 0 unspecified atom stereocenters. The number of aryl methyl sites for hydroxylation is 1. The predicted octanol–water partition coefficient (Wildman–Crippen LogP) is 3.05. The van der Waals surface area contributed by atoms with E-state index in [2.05, 4.69) is 15.3 Å². The molecule has 1 aromatic heterocycles. The normalized spacial score (nSPS) is 11.2. The number of hydrogen-bond donors (Lipinski definition) is 2. The number of H-pyrrole nitrogens is 1. The van der Waals surface area contributed by atoms with Crippen molar-refractivity contribution in [1.29, 1.82) is 0 Å². The number of aromatic amines is 1. The van der Waals surface area contributed by atoms with Gasteiger partial charge in [0.05, 0.1) is 9.92 Å². The van der Waals surface area contributed by atoms with E-state index >= 15 is 0 Å². The molecule has 0 spiro atoms. The molecule has 28 heavy (non-hydrogen) atoms. The van der Waals surface area contributed by atoms with Crippen LogP contribution >= 0.6 is 11.6 Å². The van der Waals surface area contributed by atoms with Gasteiger partial charge in [-0.25, -0.2) is 13.4 Å². The summed E-state index contributed by atoms with van der Waals surface area (Å²) in [4.78, 5) is 31.0. The Balaban J connectivity index is 1.91. The molecule has 2 N–H and O–H groups in total. The molecular formula is C19H16ClN3O4S. The third-order valence-corrected chi connectivity index (χ3v) is 5.43. The second-order valence-electron chi connectivity index (χ2n) is 6.19. The average Bonchev–Trinajstić information content (AvgIpc) is 2.60. The first-order valence-electron chi connectivity index (χ1n) is 8.13. The van der Waals surface area contributed by atoms with Crippen molar-refractivity contribution in [2.24, 2.45) is 0 Å². The molecule has 0 atom stereocenters. The van der Waals surface area contributed by atoms with E-state index in [0.29, 0.717) is 22.8 Å². The smallest absolute Gasteiger partial charge is 0.255 e. The summed E-state index contributed by atoms with van der Waals surface area (Å²) in [7, 11) is -3.57. The molecule has 0 aliphatic carbocycles. The summed E-state index contributed by atoms with van der Waals surface area (Å²) in [5.74, 6) is -0.114. The number of aromatic nitrogens is 2. The molecule has 3 rings (SSSR count). The van der Waals surface area contributed by atoms with Crippen molar-refractivity contribution in [1.82, 2.24) is 9.97 Å². The van der Waals surface area contributed by atoms with Gasteiger partial charge >= 0.3 is 0 Å². The number of benzene rings is 2. The van der Waals surface area contributed by atoms with Crippen molar-refractivity contribution in [3.8, 4) is 11.4 Å². The first-order chi connectivity index (χ1) is 13.1. The molecule has 1 amide bonds. The van der Waals surface area contributed by atoms with Crippen LogP contribution in [0.5, 0.6) is 0 Å². The maximum Gasteiger partial charge on any atom is 0.255 e. The second kappa shape index (κ2) is 7.57. The summed E-state index contributed by atoms with van der Waals surface area (Å²) >= 11 is 5.91. The third-order valence-electron chi connectivity index (χ3n) is 3.86. The van der Waals surface area contributed by atoms with E-state index in [1.807, 2.05) is 0 Å². The Morgan fingerprint density at radius 2 is 1.89 bits per heavy atom. The van der Waals surface area contributed by atoms with Crippen molar-refractivity contribution in [2.75, 3.05) is 11.6 Å². The lowest BCUT2D eigenvalue weighted by atomic mass is 10.1. The van der Waals surface area contributed by atoms with E-state index in [1.54, 1.807) is 31.2 Å². The number of nitrogens with zero attached hydrogens (tertiary/aromatic N) is 1. The molecule has 0 fully saturated rings. The standard InChI is InChI=1S/C19H16ClN3O4S/c1-11-8-17(24)23-18(21-11)12-4-3-5-14(9-12)22-19(25)13-6-7-15(20)16(10-13)28(2,26)27/h3-10H,1-2H3,(H,22,25)(H,21,23,24). The average molecular weight is 418 g/mol. The van der Waals surface area contributed by atoms with E-state index in [-0.39, 0.29) is 21.0 Å². The molecule has 0 bridgehead atoms. The molecule has 2 aromatic carbocycles. The number of carbonyl (C=O) groups is 1. The Hall–Kier alpha value is -2.97. The molecule has 7 nitrogen and oxygen atoms in total. The Labute approximate surface area is 166 Å². The fraction of sp³-hybridized carbons (Fsp3) is 0.105. The number of sulfone groups is 1. The SMILES string of the molecule is Cc1cc(=O)[nH]c(-c2cccc(NC(=O)c3ccc(Cl)c(S(C)(=O)=O)c3)c2)n1. The van der Waals surface area contributed by atoms with Gasteiger partial charge in [0, 0.05) is 34.8 Å². The van der Waals surface area contributed by atoms with Crippen molar-refractivity contribution in [3.05, 3.63) is 75.2 Å². The van der Waals surface area contributed by atoms with Gasteiger partial charge in [0.1, 0.15) is 5.82 Å². The minimum absolute atomic E-state index is 0.0514. The minimum atomic E-state index is -3.57. The van der Waals surface area contributed by atoms with Crippen molar-refractivity contribution in [2.45, 2.75) is 11.8 Å². The van der Waals surface area contributed by atoms with Gasteiger partial charge in [-0.05, 0) is 37.3 Å². The highest BCUT2D eigenvalue weighted by Gasteiger charge is 2.16. The first-order valence-corrected chi connectivity index (χ1v) is 10.4. The molecule has 0 saturated carbocycles. The van der Waals surface area contributed by atoms with E-state index in [1.165, 1.54) is 24.3 Å². The Morgan fingerprint density at radius 1 is 1.14 bits per heavy atom.